The molecule has 0 saturated carbocycles. The number of fused-ring (bicyclic) bond motifs is 1. The molecule has 1 aliphatic rings. The molecule has 0 bridgehead atoms. The summed E-state index contributed by atoms with van der Waals surface area (Å²) < 4.78 is 33.4. The van der Waals surface area contributed by atoms with Gasteiger partial charge in [-0.2, -0.15) is 4.31 Å². The lowest BCUT2D eigenvalue weighted by molar-refractivity contribution is 0.118. The molecule has 1 saturated heterocycles. The first-order valence-electron chi connectivity index (χ1n) is 7.37. The minimum Gasteiger partial charge on any atom is -0.384 e. The maximum Gasteiger partial charge on any atom is 0.243 e. The molecule has 7 heteroatoms. The Labute approximate surface area is 135 Å². The van der Waals surface area contributed by atoms with Gasteiger partial charge in [0.05, 0.1) is 26.7 Å². The maximum atomic E-state index is 12.9. The number of sulfonamides is 1. The fourth-order valence-electron chi connectivity index (χ4n) is 2.95. The van der Waals surface area contributed by atoms with Crippen LogP contribution in [0.15, 0.2) is 23.1 Å². The molecule has 1 aromatic heterocycles. The summed E-state index contributed by atoms with van der Waals surface area (Å²) in [4.78, 5) is 4.74. The van der Waals surface area contributed by atoms with Crippen molar-refractivity contribution in [2.24, 2.45) is 5.92 Å². The van der Waals surface area contributed by atoms with Crippen molar-refractivity contribution in [1.82, 2.24) is 9.29 Å². The lowest BCUT2D eigenvalue weighted by atomic mass is 10.0. The first kappa shape index (κ1) is 15.9. The minimum absolute atomic E-state index is 0.280. The van der Waals surface area contributed by atoms with Gasteiger partial charge in [0, 0.05) is 20.2 Å². The molecule has 1 aliphatic heterocycles. The van der Waals surface area contributed by atoms with Gasteiger partial charge >= 0.3 is 0 Å². The topological polar surface area (TPSA) is 59.5 Å². The molecule has 120 valence electrons. The van der Waals surface area contributed by atoms with E-state index in [1.807, 2.05) is 6.92 Å². The highest BCUT2D eigenvalue weighted by Gasteiger charge is 2.30. The number of benzene rings is 1. The number of methoxy groups -OCH3 is 1. The third-order valence-electron chi connectivity index (χ3n) is 3.99. The highest BCUT2D eigenvalue weighted by molar-refractivity contribution is 7.89. The van der Waals surface area contributed by atoms with Crippen LogP contribution in [0, 0.1) is 12.8 Å². The van der Waals surface area contributed by atoms with Crippen molar-refractivity contribution in [2.75, 3.05) is 26.8 Å². The van der Waals surface area contributed by atoms with Crippen molar-refractivity contribution in [3.8, 4) is 0 Å². The first-order chi connectivity index (χ1) is 10.5. The summed E-state index contributed by atoms with van der Waals surface area (Å²) in [6.07, 6.45) is 1.90. The largest absolute Gasteiger partial charge is 0.384 e. The number of hydrogen-bond acceptors (Lipinski definition) is 5. The number of piperidine rings is 1. The molecule has 2 aromatic rings. The Morgan fingerprint density at radius 2 is 2.27 bits per heavy atom. The van der Waals surface area contributed by atoms with E-state index in [1.165, 1.54) is 11.3 Å². The SMILES string of the molecule is COCC1CCCN(S(=O)(=O)c2ccc3nc(C)sc3c2)C1. The van der Waals surface area contributed by atoms with Crippen LogP contribution in [0.3, 0.4) is 0 Å². The molecule has 2 heterocycles. The Bertz CT molecular complexity index is 768. The van der Waals surface area contributed by atoms with Crippen molar-refractivity contribution >= 4 is 31.6 Å². The molecule has 22 heavy (non-hydrogen) atoms. The zero-order chi connectivity index (χ0) is 15.7. The Morgan fingerprint density at radius 1 is 1.45 bits per heavy atom. The van der Waals surface area contributed by atoms with Crippen molar-refractivity contribution in [1.29, 1.82) is 0 Å². The second-order valence-corrected chi connectivity index (χ2v) is 8.86. The van der Waals surface area contributed by atoms with E-state index in [-0.39, 0.29) is 5.92 Å². The molecule has 0 radical (unpaired) electrons. The molecule has 5 nitrogen and oxygen atoms in total. The highest BCUT2D eigenvalue weighted by atomic mass is 32.2. The fraction of sp³-hybridized carbons (Fsp3) is 0.533. The fourth-order valence-corrected chi connectivity index (χ4v) is 5.47. The van der Waals surface area contributed by atoms with Gasteiger partial charge in [0.2, 0.25) is 10.0 Å². The second kappa shape index (κ2) is 6.23. The van der Waals surface area contributed by atoms with Crippen LogP contribution in [0.5, 0.6) is 0 Å². The van der Waals surface area contributed by atoms with Crippen LogP contribution in [-0.4, -0.2) is 44.5 Å². The van der Waals surface area contributed by atoms with E-state index in [0.717, 1.165) is 28.1 Å². The van der Waals surface area contributed by atoms with Crippen molar-refractivity contribution in [2.45, 2.75) is 24.7 Å². The van der Waals surface area contributed by atoms with Gasteiger partial charge in [-0.1, -0.05) is 0 Å². The number of aryl methyl sites for hydroxylation is 1. The van der Waals surface area contributed by atoms with Crippen LogP contribution >= 0.6 is 11.3 Å². The number of rotatable bonds is 4. The van der Waals surface area contributed by atoms with Crippen molar-refractivity contribution in [3.05, 3.63) is 23.2 Å². The third kappa shape index (κ3) is 3.03. The Kier molecular flexibility index (Phi) is 4.49. The maximum absolute atomic E-state index is 12.9. The summed E-state index contributed by atoms with van der Waals surface area (Å²) in [6.45, 7) is 3.66. The zero-order valence-corrected chi connectivity index (χ0v) is 14.4. The molecule has 1 aromatic carbocycles. The van der Waals surface area contributed by atoms with Crippen LogP contribution < -0.4 is 0 Å². The molecule has 0 N–H and O–H groups in total. The summed E-state index contributed by atoms with van der Waals surface area (Å²) in [5.41, 5.74) is 0.859. The summed E-state index contributed by atoms with van der Waals surface area (Å²) in [6, 6.07) is 5.20. The smallest absolute Gasteiger partial charge is 0.243 e. The van der Waals surface area contributed by atoms with Gasteiger partial charge < -0.3 is 4.74 Å². The van der Waals surface area contributed by atoms with Crippen LogP contribution in [-0.2, 0) is 14.8 Å². The summed E-state index contributed by atoms with van der Waals surface area (Å²) in [5.74, 6) is 0.280. The van der Waals surface area contributed by atoms with Gasteiger partial charge in [-0.25, -0.2) is 13.4 Å². The predicted molar refractivity (Wildman–Crippen MR) is 87.7 cm³/mol. The first-order valence-corrected chi connectivity index (χ1v) is 9.62. The molecule has 3 rings (SSSR count). The monoisotopic (exact) mass is 340 g/mol. The number of thiazole rings is 1. The summed E-state index contributed by atoms with van der Waals surface area (Å²) in [5, 5.41) is 0.947. The lowest BCUT2D eigenvalue weighted by Gasteiger charge is -2.31. The highest BCUT2D eigenvalue weighted by Crippen LogP contribution is 2.28. The van der Waals surface area contributed by atoms with Gasteiger partial charge in [-0.05, 0) is 43.9 Å². The van der Waals surface area contributed by atoms with Gasteiger partial charge in [0.1, 0.15) is 0 Å². The molecular weight excluding hydrogens is 320 g/mol. The van der Waals surface area contributed by atoms with Crippen molar-refractivity contribution in [3.63, 3.8) is 0 Å². The molecule has 1 atom stereocenters. The minimum atomic E-state index is -3.44. The second-order valence-electron chi connectivity index (χ2n) is 5.69. The van der Waals surface area contributed by atoms with E-state index >= 15 is 0 Å². The number of ether oxygens (including phenoxy) is 1. The van der Waals surface area contributed by atoms with E-state index in [0.29, 0.717) is 24.6 Å². The molecule has 0 aliphatic carbocycles. The summed E-state index contributed by atoms with van der Waals surface area (Å²) in [7, 11) is -1.78. The van der Waals surface area contributed by atoms with Crippen LogP contribution in [0.25, 0.3) is 10.2 Å². The van der Waals surface area contributed by atoms with Gasteiger partial charge in [0.25, 0.3) is 0 Å². The number of hydrogen-bond donors (Lipinski definition) is 0. The average Bonchev–Trinajstić information content (AvgIpc) is 2.87. The third-order valence-corrected chi connectivity index (χ3v) is 6.78. The summed E-state index contributed by atoms with van der Waals surface area (Å²) >= 11 is 1.52. The van der Waals surface area contributed by atoms with E-state index < -0.39 is 10.0 Å². The standard InChI is InChI=1S/C15H20N2O3S2/c1-11-16-14-6-5-13(8-15(14)21-11)22(18,19)17-7-3-4-12(9-17)10-20-2/h5-6,8,12H,3-4,7,9-10H2,1-2H3. The Morgan fingerprint density at radius 3 is 3.05 bits per heavy atom. The predicted octanol–water partition coefficient (Wildman–Crippen LogP) is 2.65. The quantitative estimate of drug-likeness (QED) is 0.858. The van der Waals surface area contributed by atoms with E-state index in [9.17, 15) is 8.42 Å². The van der Waals surface area contributed by atoms with Gasteiger partial charge in [-0.15, -0.1) is 11.3 Å². The molecule has 1 unspecified atom stereocenters. The van der Waals surface area contributed by atoms with Gasteiger partial charge in [0.15, 0.2) is 0 Å². The van der Waals surface area contributed by atoms with E-state index in [1.54, 1.807) is 29.6 Å². The van der Waals surface area contributed by atoms with E-state index in [2.05, 4.69) is 4.98 Å². The Hall–Kier alpha value is -1.02. The van der Waals surface area contributed by atoms with Crippen LogP contribution in [0.2, 0.25) is 0 Å². The molecular formula is C15H20N2O3S2. The molecule has 0 amide bonds. The van der Waals surface area contributed by atoms with Crippen LogP contribution in [0.4, 0.5) is 0 Å². The number of aromatic nitrogens is 1. The number of nitrogens with zero attached hydrogens (tertiary/aromatic N) is 2. The van der Waals surface area contributed by atoms with Crippen LogP contribution in [0.1, 0.15) is 17.8 Å². The van der Waals surface area contributed by atoms with E-state index in [4.69, 9.17) is 4.74 Å². The molecule has 1 fully saturated rings. The molecule has 0 spiro atoms. The average molecular weight is 340 g/mol. The zero-order valence-electron chi connectivity index (χ0n) is 12.8. The lowest BCUT2D eigenvalue weighted by Crippen LogP contribution is -2.41. The van der Waals surface area contributed by atoms with Gasteiger partial charge in [-0.3, -0.25) is 0 Å². The Balaban J connectivity index is 1.89. The van der Waals surface area contributed by atoms with Crippen molar-refractivity contribution < 1.29 is 13.2 Å². The normalized spacial score (nSPS) is 20.5.